The molecule has 1 aromatic heterocycles. The highest BCUT2D eigenvalue weighted by atomic mass is 16.5. The van der Waals surface area contributed by atoms with Crippen molar-refractivity contribution in [2.24, 2.45) is 5.92 Å². The Hall–Kier alpha value is -2.34. The van der Waals surface area contributed by atoms with E-state index in [1.54, 1.807) is 36.9 Å². The fourth-order valence-corrected chi connectivity index (χ4v) is 2.15. The average Bonchev–Trinajstić information content (AvgIpc) is 2.81. The molecule has 21 heavy (non-hydrogen) atoms. The van der Waals surface area contributed by atoms with Gasteiger partial charge in [-0.2, -0.15) is 0 Å². The molecule has 0 radical (unpaired) electrons. The number of carbonyl (C=O) groups is 2. The van der Waals surface area contributed by atoms with Crippen molar-refractivity contribution >= 4 is 28.5 Å². The van der Waals surface area contributed by atoms with Crippen LogP contribution < -0.4 is 5.32 Å². The SMILES string of the molecule is COCC(C)C(=O)Nc1ccc2c(ccn2CC(=O)O)c1. The molecule has 6 heteroatoms. The van der Waals surface area contributed by atoms with E-state index >= 15 is 0 Å². The Morgan fingerprint density at radius 2 is 2.14 bits per heavy atom. The average molecular weight is 290 g/mol. The molecule has 0 fully saturated rings. The topological polar surface area (TPSA) is 80.6 Å². The lowest BCUT2D eigenvalue weighted by Gasteiger charge is -2.11. The van der Waals surface area contributed by atoms with E-state index in [1.165, 1.54) is 0 Å². The molecule has 0 aliphatic heterocycles. The van der Waals surface area contributed by atoms with Crippen LogP contribution in [0.2, 0.25) is 0 Å². The second-order valence-corrected chi connectivity index (χ2v) is 4.96. The lowest BCUT2D eigenvalue weighted by Crippen LogP contribution is -2.23. The van der Waals surface area contributed by atoms with Gasteiger partial charge in [0, 0.05) is 29.9 Å². The number of fused-ring (bicyclic) bond motifs is 1. The van der Waals surface area contributed by atoms with Crippen LogP contribution in [0.25, 0.3) is 10.9 Å². The monoisotopic (exact) mass is 290 g/mol. The second-order valence-electron chi connectivity index (χ2n) is 4.96. The molecule has 0 aliphatic rings. The number of anilines is 1. The van der Waals surface area contributed by atoms with Gasteiger partial charge in [-0.25, -0.2) is 0 Å². The Morgan fingerprint density at radius 1 is 1.38 bits per heavy atom. The zero-order chi connectivity index (χ0) is 15.4. The van der Waals surface area contributed by atoms with E-state index in [2.05, 4.69) is 5.32 Å². The molecule has 2 rings (SSSR count). The van der Waals surface area contributed by atoms with Crippen LogP contribution in [0.1, 0.15) is 6.92 Å². The second kappa shape index (κ2) is 6.41. The smallest absolute Gasteiger partial charge is 0.323 e. The molecule has 6 nitrogen and oxygen atoms in total. The maximum atomic E-state index is 11.9. The first-order chi connectivity index (χ1) is 10.0. The van der Waals surface area contributed by atoms with E-state index in [1.807, 2.05) is 12.1 Å². The van der Waals surface area contributed by atoms with Crippen LogP contribution in [0, 0.1) is 5.92 Å². The normalized spacial score (nSPS) is 12.3. The fourth-order valence-electron chi connectivity index (χ4n) is 2.15. The van der Waals surface area contributed by atoms with Crippen LogP contribution in [-0.4, -0.2) is 35.3 Å². The molecule has 1 atom stereocenters. The molecule has 1 aromatic carbocycles. The van der Waals surface area contributed by atoms with Gasteiger partial charge in [-0.3, -0.25) is 9.59 Å². The van der Waals surface area contributed by atoms with Crippen molar-refractivity contribution in [1.29, 1.82) is 0 Å². The molecular formula is C15H18N2O4. The van der Waals surface area contributed by atoms with Gasteiger partial charge in [0.15, 0.2) is 0 Å². The highest BCUT2D eigenvalue weighted by molar-refractivity contribution is 5.95. The number of hydrogen-bond acceptors (Lipinski definition) is 3. The number of carboxylic acid groups (broad SMARTS) is 1. The van der Waals surface area contributed by atoms with Gasteiger partial charge >= 0.3 is 5.97 Å². The Morgan fingerprint density at radius 3 is 2.81 bits per heavy atom. The summed E-state index contributed by atoms with van der Waals surface area (Å²) < 4.78 is 6.60. The standard InChI is InChI=1S/C15H18N2O4/c1-10(9-21-2)15(20)16-12-3-4-13-11(7-12)5-6-17(13)8-14(18)19/h3-7,10H,8-9H2,1-2H3,(H,16,20)(H,18,19). The van der Waals surface area contributed by atoms with Crippen LogP contribution in [0.5, 0.6) is 0 Å². The van der Waals surface area contributed by atoms with E-state index in [9.17, 15) is 9.59 Å². The molecule has 112 valence electrons. The maximum absolute atomic E-state index is 11.9. The lowest BCUT2D eigenvalue weighted by molar-refractivity contribution is -0.137. The minimum atomic E-state index is -0.890. The minimum absolute atomic E-state index is 0.0833. The summed E-state index contributed by atoms with van der Waals surface area (Å²) in [6.45, 7) is 2.07. The van der Waals surface area contributed by atoms with Crippen LogP contribution in [0.15, 0.2) is 30.5 Å². The van der Waals surface area contributed by atoms with Crippen LogP contribution >= 0.6 is 0 Å². The molecule has 1 amide bonds. The molecule has 2 N–H and O–H groups in total. The number of nitrogens with one attached hydrogen (secondary N) is 1. The number of rotatable bonds is 6. The fraction of sp³-hybridized carbons (Fsp3) is 0.333. The van der Waals surface area contributed by atoms with Gasteiger partial charge in [0.2, 0.25) is 5.91 Å². The zero-order valence-electron chi connectivity index (χ0n) is 12.0. The largest absolute Gasteiger partial charge is 0.480 e. The number of nitrogens with zero attached hydrogens (tertiary/aromatic N) is 1. The van der Waals surface area contributed by atoms with E-state index in [0.29, 0.717) is 12.3 Å². The summed E-state index contributed by atoms with van der Waals surface area (Å²) in [5.41, 5.74) is 1.50. The minimum Gasteiger partial charge on any atom is -0.480 e. The van der Waals surface area contributed by atoms with Gasteiger partial charge in [-0.15, -0.1) is 0 Å². The highest BCUT2D eigenvalue weighted by Gasteiger charge is 2.13. The number of aliphatic carboxylic acids is 1. The predicted molar refractivity (Wildman–Crippen MR) is 79.2 cm³/mol. The molecule has 1 unspecified atom stereocenters. The quantitative estimate of drug-likeness (QED) is 0.852. The third-order valence-electron chi connectivity index (χ3n) is 3.21. The van der Waals surface area contributed by atoms with Crippen molar-refractivity contribution < 1.29 is 19.4 Å². The molecule has 0 bridgehead atoms. The number of aromatic nitrogens is 1. The third kappa shape index (κ3) is 3.61. The Labute approximate surface area is 122 Å². The summed E-state index contributed by atoms with van der Waals surface area (Å²) in [5, 5.41) is 12.5. The number of benzene rings is 1. The van der Waals surface area contributed by atoms with Gasteiger partial charge in [-0.1, -0.05) is 6.92 Å². The summed E-state index contributed by atoms with van der Waals surface area (Å²) in [7, 11) is 1.56. The Balaban J connectivity index is 2.16. The van der Waals surface area contributed by atoms with Crippen LogP contribution in [0.4, 0.5) is 5.69 Å². The van der Waals surface area contributed by atoms with Crippen molar-refractivity contribution in [3.05, 3.63) is 30.5 Å². The molecule has 2 aromatic rings. The molecule has 0 spiro atoms. The summed E-state index contributed by atoms with van der Waals surface area (Å²) in [5.74, 6) is -1.23. The van der Waals surface area contributed by atoms with Crippen molar-refractivity contribution in [2.75, 3.05) is 19.0 Å². The van der Waals surface area contributed by atoms with Gasteiger partial charge in [-0.05, 0) is 24.3 Å². The number of amides is 1. The first kappa shape index (κ1) is 15.1. The number of carbonyl (C=O) groups excluding carboxylic acids is 1. The van der Waals surface area contributed by atoms with Gasteiger partial charge in [0.1, 0.15) is 6.54 Å². The lowest BCUT2D eigenvalue weighted by atomic mass is 10.1. The number of methoxy groups -OCH3 is 1. The first-order valence-electron chi connectivity index (χ1n) is 6.61. The Kier molecular flexibility index (Phi) is 4.59. The van der Waals surface area contributed by atoms with E-state index in [4.69, 9.17) is 9.84 Å². The van der Waals surface area contributed by atoms with Crippen molar-refractivity contribution in [2.45, 2.75) is 13.5 Å². The zero-order valence-corrected chi connectivity index (χ0v) is 12.0. The van der Waals surface area contributed by atoms with Crippen molar-refractivity contribution in [1.82, 2.24) is 4.57 Å². The van der Waals surface area contributed by atoms with Crippen molar-refractivity contribution in [3.8, 4) is 0 Å². The molecule has 0 aliphatic carbocycles. The molecule has 0 saturated carbocycles. The maximum Gasteiger partial charge on any atom is 0.323 e. The molecule has 1 heterocycles. The van der Waals surface area contributed by atoms with Gasteiger partial charge in [0.25, 0.3) is 0 Å². The molecular weight excluding hydrogens is 272 g/mol. The van der Waals surface area contributed by atoms with E-state index in [0.717, 1.165) is 10.9 Å². The summed E-state index contributed by atoms with van der Waals surface area (Å²) in [4.78, 5) is 22.7. The highest BCUT2D eigenvalue weighted by Crippen LogP contribution is 2.21. The number of ether oxygens (including phenoxy) is 1. The summed E-state index contributed by atoms with van der Waals surface area (Å²) in [6, 6.07) is 7.21. The van der Waals surface area contributed by atoms with Crippen LogP contribution in [0.3, 0.4) is 0 Å². The van der Waals surface area contributed by atoms with E-state index < -0.39 is 5.97 Å². The summed E-state index contributed by atoms with van der Waals surface area (Å²) in [6.07, 6.45) is 1.72. The van der Waals surface area contributed by atoms with Gasteiger partial charge < -0.3 is 19.7 Å². The third-order valence-corrected chi connectivity index (χ3v) is 3.21. The van der Waals surface area contributed by atoms with E-state index in [-0.39, 0.29) is 18.4 Å². The van der Waals surface area contributed by atoms with Crippen LogP contribution in [-0.2, 0) is 20.9 Å². The molecule has 0 saturated heterocycles. The predicted octanol–water partition coefficient (Wildman–Crippen LogP) is 1.95. The Bertz CT molecular complexity index is 663. The van der Waals surface area contributed by atoms with Gasteiger partial charge in [0.05, 0.1) is 12.5 Å². The van der Waals surface area contributed by atoms with Crippen molar-refractivity contribution in [3.63, 3.8) is 0 Å². The first-order valence-corrected chi connectivity index (χ1v) is 6.61. The number of hydrogen-bond donors (Lipinski definition) is 2. The summed E-state index contributed by atoms with van der Waals surface area (Å²) >= 11 is 0. The number of carboxylic acids is 1.